The average Bonchev–Trinajstić information content (AvgIpc) is 2.61. The molecule has 6 heteroatoms. The summed E-state index contributed by atoms with van der Waals surface area (Å²) < 4.78 is 16.8. The first-order valence-corrected chi connectivity index (χ1v) is 8.54. The molecule has 0 fully saturated rings. The van der Waals surface area contributed by atoms with Gasteiger partial charge in [0.1, 0.15) is 19.0 Å². The fourth-order valence-electron chi connectivity index (χ4n) is 2.39. The molecule has 0 spiro atoms. The van der Waals surface area contributed by atoms with Crippen LogP contribution in [0.5, 0.6) is 17.2 Å². The normalized spacial score (nSPS) is 12.8. The molecule has 2 aromatic carbocycles. The Balaban J connectivity index is 1.80. The summed E-state index contributed by atoms with van der Waals surface area (Å²) in [5.74, 6) is 1.69. The van der Waals surface area contributed by atoms with Crippen molar-refractivity contribution in [1.82, 2.24) is 0 Å². The average molecular weight is 362 g/mol. The Morgan fingerprint density at radius 3 is 2.80 bits per heavy atom. The van der Waals surface area contributed by atoms with Gasteiger partial charge in [-0.25, -0.2) is 0 Å². The molecule has 25 heavy (non-hydrogen) atoms. The Morgan fingerprint density at radius 1 is 1.24 bits per heavy atom. The van der Waals surface area contributed by atoms with Crippen molar-refractivity contribution in [2.75, 3.05) is 25.1 Å². The summed E-state index contributed by atoms with van der Waals surface area (Å²) in [6.07, 6.45) is 0. The summed E-state index contributed by atoms with van der Waals surface area (Å²) in [6.45, 7) is 5.58. The van der Waals surface area contributed by atoms with Gasteiger partial charge in [0, 0.05) is 5.56 Å². The zero-order chi connectivity index (χ0) is 17.8. The van der Waals surface area contributed by atoms with Crippen LogP contribution in [0.4, 0.5) is 5.69 Å². The van der Waals surface area contributed by atoms with E-state index in [-0.39, 0.29) is 5.91 Å². The van der Waals surface area contributed by atoms with E-state index in [1.807, 2.05) is 18.2 Å². The van der Waals surface area contributed by atoms with Crippen LogP contribution in [0.1, 0.15) is 24.2 Å². The zero-order valence-corrected chi connectivity index (χ0v) is 14.9. The van der Waals surface area contributed by atoms with Crippen molar-refractivity contribution in [3.63, 3.8) is 0 Å². The molecule has 3 rings (SSSR count). The highest BCUT2D eigenvalue weighted by atomic mass is 35.5. The molecule has 1 aliphatic heterocycles. The number of amides is 1. The van der Waals surface area contributed by atoms with Crippen LogP contribution in [0, 0.1) is 5.92 Å². The molecule has 0 saturated heterocycles. The van der Waals surface area contributed by atoms with Crippen LogP contribution in [-0.4, -0.2) is 25.7 Å². The second-order valence-electron chi connectivity index (χ2n) is 6.14. The molecule has 0 atom stereocenters. The number of nitrogens with one attached hydrogen (secondary N) is 1. The predicted octanol–water partition coefficient (Wildman–Crippen LogP) is 4.40. The van der Waals surface area contributed by atoms with E-state index >= 15 is 0 Å². The Kier molecular flexibility index (Phi) is 5.34. The second-order valence-corrected chi connectivity index (χ2v) is 6.54. The highest BCUT2D eigenvalue weighted by Crippen LogP contribution is 2.38. The minimum atomic E-state index is -0.292. The monoisotopic (exact) mass is 361 g/mol. The molecule has 5 nitrogen and oxygen atoms in total. The van der Waals surface area contributed by atoms with E-state index < -0.39 is 0 Å². The molecule has 1 heterocycles. The van der Waals surface area contributed by atoms with Gasteiger partial charge in [0.2, 0.25) is 0 Å². The zero-order valence-electron chi connectivity index (χ0n) is 14.2. The van der Waals surface area contributed by atoms with Gasteiger partial charge in [-0.15, -0.1) is 0 Å². The molecule has 0 bridgehead atoms. The Hall–Kier alpha value is -2.40. The number of para-hydroxylation sites is 2. The second kappa shape index (κ2) is 7.66. The van der Waals surface area contributed by atoms with Gasteiger partial charge in [-0.2, -0.15) is 0 Å². The number of ether oxygens (including phenoxy) is 3. The molecule has 0 unspecified atom stereocenters. The molecule has 2 aromatic rings. The number of hydrogen-bond donors (Lipinski definition) is 1. The standard InChI is InChI=1S/C19H20ClNO4/c1-12(2)11-25-16-6-4-3-5-15(16)21-19(22)13-9-14(20)18-17(10-13)23-7-8-24-18/h3-6,9-10,12H,7-8,11H2,1-2H3,(H,21,22). The van der Waals surface area contributed by atoms with Crippen molar-refractivity contribution in [1.29, 1.82) is 0 Å². The molecule has 0 radical (unpaired) electrons. The van der Waals surface area contributed by atoms with Gasteiger partial charge in [-0.3, -0.25) is 4.79 Å². The van der Waals surface area contributed by atoms with E-state index in [1.165, 1.54) is 0 Å². The van der Waals surface area contributed by atoms with Gasteiger partial charge in [-0.05, 0) is 30.2 Å². The topological polar surface area (TPSA) is 56.8 Å². The van der Waals surface area contributed by atoms with Crippen LogP contribution in [0.2, 0.25) is 5.02 Å². The number of anilines is 1. The quantitative estimate of drug-likeness (QED) is 0.857. The first-order valence-electron chi connectivity index (χ1n) is 8.17. The first-order chi connectivity index (χ1) is 12.0. The van der Waals surface area contributed by atoms with Crippen LogP contribution >= 0.6 is 11.6 Å². The molecule has 0 aromatic heterocycles. The van der Waals surface area contributed by atoms with E-state index in [0.29, 0.717) is 59.3 Å². The number of benzene rings is 2. The summed E-state index contributed by atoms with van der Waals surface area (Å²) >= 11 is 6.20. The smallest absolute Gasteiger partial charge is 0.255 e. The third-order valence-corrected chi connectivity index (χ3v) is 3.85. The molecular weight excluding hydrogens is 342 g/mol. The molecule has 1 amide bonds. The summed E-state index contributed by atoms with van der Waals surface area (Å²) in [6, 6.07) is 10.5. The van der Waals surface area contributed by atoms with Crippen LogP contribution in [0.25, 0.3) is 0 Å². The largest absolute Gasteiger partial charge is 0.491 e. The lowest BCUT2D eigenvalue weighted by atomic mass is 10.1. The van der Waals surface area contributed by atoms with Gasteiger partial charge in [-0.1, -0.05) is 37.6 Å². The van der Waals surface area contributed by atoms with E-state index in [4.69, 9.17) is 25.8 Å². The van der Waals surface area contributed by atoms with Crippen molar-refractivity contribution >= 4 is 23.2 Å². The minimum Gasteiger partial charge on any atom is -0.491 e. The Labute approximate surface area is 151 Å². The molecule has 1 aliphatic rings. The number of fused-ring (bicyclic) bond motifs is 1. The number of rotatable bonds is 5. The number of carbonyl (C=O) groups excluding carboxylic acids is 1. The fourth-order valence-corrected chi connectivity index (χ4v) is 2.65. The van der Waals surface area contributed by atoms with Crippen LogP contribution in [0.3, 0.4) is 0 Å². The molecule has 1 N–H and O–H groups in total. The van der Waals surface area contributed by atoms with E-state index in [2.05, 4.69) is 19.2 Å². The minimum absolute atomic E-state index is 0.292. The maximum atomic E-state index is 12.6. The summed E-state index contributed by atoms with van der Waals surface area (Å²) in [5.41, 5.74) is 1.01. The molecular formula is C19H20ClNO4. The molecule has 132 valence electrons. The lowest BCUT2D eigenvalue weighted by Crippen LogP contribution is -2.18. The van der Waals surface area contributed by atoms with Gasteiger partial charge in [0.05, 0.1) is 17.3 Å². The van der Waals surface area contributed by atoms with Crippen LogP contribution < -0.4 is 19.5 Å². The van der Waals surface area contributed by atoms with Gasteiger partial charge in [0.15, 0.2) is 11.5 Å². The third-order valence-electron chi connectivity index (χ3n) is 3.57. The van der Waals surface area contributed by atoms with Crippen molar-refractivity contribution in [3.05, 3.63) is 47.0 Å². The fraction of sp³-hybridized carbons (Fsp3) is 0.316. The van der Waals surface area contributed by atoms with Gasteiger partial charge >= 0.3 is 0 Å². The Bertz CT molecular complexity index is 776. The number of carbonyl (C=O) groups is 1. The van der Waals surface area contributed by atoms with Crippen molar-refractivity contribution in [2.24, 2.45) is 5.92 Å². The maximum absolute atomic E-state index is 12.6. The number of hydrogen-bond acceptors (Lipinski definition) is 4. The maximum Gasteiger partial charge on any atom is 0.255 e. The van der Waals surface area contributed by atoms with Crippen molar-refractivity contribution < 1.29 is 19.0 Å². The third kappa shape index (κ3) is 4.17. The van der Waals surface area contributed by atoms with Crippen molar-refractivity contribution in [3.8, 4) is 17.2 Å². The van der Waals surface area contributed by atoms with Crippen LogP contribution in [0.15, 0.2) is 36.4 Å². The summed E-state index contributed by atoms with van der Waals surface area (Å²) in [4.78, 5) is 12.6. The van der Waals surface area contributed by atoms with Crippen molar-refractivity contribution in [2.45, 2.75) is 13.8 Å². The predicted molar refractivity (Wildman–Crippen MR) is 97.2 cm³/mol. The lowest BCUT2D eigenvalue weighted by Gasteiger charge is -2.20. The van der Waals surface area contributed by atoms with Gasteiger partial charge < -0.3 is 19.5 Å². The summed E-state index contributed by atoms with van der Waals surface area (Å²) in [5, 5.41) is 3.22. The van der Waals surface area contributed by atoms with E-state index in [1.54, 1.807) is 18.2 Å². The van der Waals surface area contributed by atoms with Gasteiger partial charge in [0.25, 0.3) is 5.91 Å². The highest BCUT2D eigenvalue weighted by molar-refractivity contribution is 6.32. The van der Waals surface area contributed by atoms with E-state index in [9.17, 15) is 4.79 Å². The number of halogens is 1. The summed E-state index contributed by atoms with van der Waals surface area (Å²) in [7, 11) is 0. The lowest BCUT2D eigenvalue weighted by molar-refractivity contribution is 0.102. The molecule has 0 saturated carbocycles. The first kappa shape index (κ1) is 17.4. The Morgan fingerprint density at radius 2 is 2.00 bits per heavy atom. The molecule has 0 aliphatic carbocycles. The van der Waals surface area contributed by atoms with Crippen LogP contribution in [-0.2, 0) is 0 Å². The SMILES string of the molecule is CC(C)COc1ccccc1NC(=O)c1cc(Cl)c2c(c1)OCCO2. The highest BCUT2D eigenvalue weighted by Gasteiger charge is 2.20. The van der Waals surface area contributed by atoms with E-state index in [0.717, 1.165) is 0 Å².